The Balaban J connectivity index is 1.66. The number of pyridine rings is 1. The van der Waals surface area contributed by atoms with Gasteiger partial charge in [0.1, 0.15) is 5.15 Å². The Morgan fingerprint density at radius 1 is 1.33 bits per heavy atom. The number of guanidine groups is 1. The van der Waals surface area contributed by atoms with Gasteiger partial charge in [0, 0.05) is 38.7 Å². The zero-order valence-corrected chi connectivity index (χ0v) is 12.7. The second-order valence-corrected chi connectivity index (χ2v) is 4.82. The maximum atomic E-state index is 5.76. The molecule has 0 radical (unpaired) electrons. The second-order valence-electron chi connectivity index (χ2n) is 4.43. The smallest absolute Gasteiger partial charge is 0.191 e. The molecule has 2 aromatic heterocycles. The minimum atomic E-state index is 0.516. The number of nitrogens with zero attached hydrogens (tertiary/aromatic N) is 4. The third-order valence-electron chi connectivity index (χ3n) is 2.91. The number of hydrogen-bond donors (Lipinski definition) is 2. The zero-order valence-electron chi connectivity index (χ0n) is 12.0. The van der Waals surface area contributed by atoms with Crippen LogP contribution in [0.3, 0.4) is 0 Å². The summed E-state index contributed by atoms with van der Waals surface area (Å²) >= 11 is 5.76. The van der Waals surface area contributed by atoms with E-state index in [4.69, 9.17) is 11.6 Å². The van der Waals surface area contributed by atoms with E-state index in [1.54, 1.807) is 25.5 Å². The molecule has 0 unspecified atom stereocenters. The molecule has 0 spiro atoms. The fourth-order valence-electron chi connectivity index (χ4n) is 1.82. The van der Waals surface area contributed by atoms with Gasteiger partial charge in [-0.05, 0) is 24.1 Å². The molecule has 2 aromatic rings. The number of rotatable bonds is 6. The molecule has 0 amide bonds. The summed E-state index contributed by atoms with van der Waals surface area (Å²) in [5.41, 5.74) is 1.14. The van der Waals surface area contributed by atoms with Gasteiger partial charge in [-0.1, -0.05) is 17.7 Å². The van der Waals surface area contributed by atoms with Crippen LogP contribution in [0, 0.1) is 0 Å². The summed E-state index contributed by atoms with van der Waals surface area (Å²) in [6.07, 6.45) is 6.36. The van der Waals surface area contributed by atoms with Crippen molar-refractivity contribution >= 4 is 17.6 Å². The first-order valence-corrected chi connectivity index (χ1v) is 7.18. The van der Waals surface area contributed by atoms with Gasteiger partial charge in [-0.2, -0.15) is 5.10 Å². The van der Waals surface area contributed by atoms with E-state index in [9.17, 15) is 0 Å². The van der Waals surface area contributed by atoms with Crippen molar-refractivity contribution in [3.8, 4) is 0 Å². The van der Waals surface area contributed by atoms with Crippen LogP contribution in [0.5, 0.6) is 0 Å². The molecule has 0 aliphatic heterocycles. The van der Waals surface area contributed by atoms with E-state index >= 15 is 0 Å². The van der Waals surface area contributed by atoms with Crippen molar-refractivity contribution in [3.63, 3.8) is 0 Å². The predicted octanol–water partition coefficient (Wildman–Crippen LogP) is 1.34. The van der Waals surface area contributed by atoms with Crippen molar-refractivity contribution < 1.29 is 0 Å². The van der Waals surface area contributed by atoms with Crippen LogP contribution in [0.25, 0.3) is 0 Å². The van der Waals surface area contributed by atoms with Gasteiger partial charge in [-0.25, -0.2) is 4.98 Å². The highest BCUT2D eigenvalue weighted by molar-refractivity contribution is 6.29. The standard InChI is InChI=1S/C14H19ClN6/c1-16-14(18-8-10-21-9-2-6-20-21)17-7-5-12-3-4-13(15)19-11-12/h2-4,6,9,11H,5,7-8,10H2,1H3,(H2,16,17,18). The third-order valence-corrected chi connectivity index (χ3v) is 3.13. The lowest BCUT2D eigenvalue weighted by atomic mass is 10.2. The summed E-state index contributed by atoms with van der Waals surface area (Å²) < 4.78 is 1.87. The molecule has 21 heavy (non-hydrogen) atoms. The van der Waals surface area contributed by atoms with Crippen LogP contribution in [0.15, 0.2) is 41.8 Å². The summed E-state index contributed by atoms with van der Waals surface area (Å²) in [6, 6.07) is 5.69. The summed E-state index contributed by atoms with van der Waals surface area (Å²) in [5, 5.41) is 11.2. The van der Waals surface area contributed by atoms with E-state index in [0.29, 0.717) is 5.15 Å². The molecule has 2 rings (SSSR count). The summed E-state index contributed by atoms with van der Waals surface area (Å²) in [6.45, 7) is 2.35. The number of aromatic nitrogens is 3. The molecule has 0 aliphatic rings. The zero-order chi connectivity index (χ0) is 14.9. The van der Waals surface area contributed by atoms with E-state index < -0.39 is 0 Å². The Kier molecular flexibility index (Phi) is 6.02. The van der Waals surface area contributed by atoms with E-state index in [2.05, 4.69) is 25.7 Å². The second kappa shape index (κ2) is 8.26. The van der Waals surface area contributed by atoms with Crippen LogP contribution in [-0.2, 0) is 13.0 Å². The first kappa shape index (κ1) is 15.3. The Morgan fingerprint density at radius 3 is 2.86 bits per heavy atom. The van der Waals surface area contributed by atoms with Crippen LogP contribution in [0.1, 0.15) is 5.56 Å². The molecule has 112 valence electrons. The van der Waals surface area contributed by atoms with Crippen LogP contribution < -0.4 is 10.6 Å². The minimum Gasteiger partial charge on any atom is -0.356 e. The number of aliphatic imine (C=N–C) groups is 1. The quantitative estimate of drug-likeness (QED) is 0.480. The Morgan fingerprint density at radius 2 is 2.19 bits per heavy atom. The van der Waals surface area contributed by atoms with Crippen LogP contribution in [0.2, 0.25) is 5.15 Å². The van der Waals surface area contributed by atoms with Crippen molar-refractivity contribution in [2.45, 2.75) is 13.0 Å². The van der Waals surface area contributed by atoms with Gasteiger partial charge >= 0.3 is 0 Å². The van der Waals surface area contributed by atoms with Crippen LogP contribution in [0.4, 0.5) is 0 Å². The lowest BCUT2D eigenvalue weighted by Gasteiger charge is -2.11. The summed E-state index contributed by atoms with van der Waals surface area (Å²) in [4.78, 5) is 8.24. The molecule has 0 bridgehead atoms. The van der Waals surface area contributed by atoms with E-state index in [1.165, 1.54) is 0 Å². The Bertz CT molecular complexity index is 549. The van der Waals surface area contributed by atoms with E-state index in [-0.39, 0.29) is 0 Å². The lowest BCUT2D eigenvalue weighted by molar-refractivity contribution is 0.597. The Labute approximate surface area is 129 Å². The molecular weight excluding hydrogens is 288 g/mol. The molecule has 0 saturated heterocycles. The maximum Gasteiger partial charge on any atom is 0.191 e. The molecule has 0 atom stereocenters. The van der Waals surface area contributed by atoms with Crippen LogP contribution in [-0.4, -0.2) is 40.9 Å². The molecule has 6 nitrogen and oxygen atoms in total. The SMILES string of the molecule is CN=C(NCCc1ccc(Cl)nc1)NCCn1cccn1. The van der Waals surface area contributed by atoms with Gasteiger partial charge in [0.25, 0.3) is 0 Å². The third kappa shape index (κ3) is 5.43. The predicted molar refractivity (Wildman–Crippen MR) is 84.5 cm³/mol. The van der Waals surface area contributed by atoms with Gasteiger partial charge in [-0.3, -0.25) is 9.67 Å². The van der Waals surface area contributed by atoms with Gasteiger partial charge in [-0.15, -0.1) is 0 Å². The van der Waals surface area contributed by atoms with Crippen molar-refractivity contribution in [1.82, 2.24) is 25.4 Å². The van der Waals surface area contributed by atoms with Gasteiger partial charge < -0.3 is 10.6 Å². The average molecular weight is 307 g/mol. The van der Waals surface area contributed by atoms with Gasteiger partial charge in [0.05, 0.1) is 6.54 Å². The van der Waals surface area contributed by atoms with E-state index in [1.807, 2.05) is 23.0 Å². The summed E-state index contributed by atoms with van der Waals surface area (Å²) in [5.74, 6) is 0.782. The van der Waals surface area contributed by atoms with Gasteiger partial charge in [0.2, 0.25) is 0 Å². The van der Waals surface area contributed by atoms with Crippen LogP contribution >= 0.6 is 11.6 Å². The number of nitrogens with one attached hydrogen (secondary N) is 2. The largest absolute Gasteiger partial charge is 0.356 e. The van der Waals surface area contributed by atoms with Crippen molar-refractivity contribution in [1.29, 1.82) is 0 Å². The lowest BCUT2D eigenvalue weighted by Crippen LogP contribution is -2.39. The molecule has 2 N–H and O–H groups in total. The molecule has 0 aliphatic carbocycles. The number of halogens is 1. The highest BCUT2D eigenvalue weighted by Crippen LogP contribution is 2.05. The first-order valence-electron chi connectivity index (χ1n) is 6.80. The summed E-state index contributed by atoms with van der Waals surface area (Å²) in [7, 11) is 1.76. The highest BCUT2D eigenvalue weighted by atomic mass is 35.5. The molecular formula is C14H19ClN6. The first-order chi connectivity index (χ1) is 10.3. The molecule has 0 saturated carbocycles. The topological polar surface area (TPSA) is 67.1 Å². The molecule has 0 fully saturated rings. The monoisotopic (exact) mass is 306 g/mol. The molecule has 2 heterocycles. The number of hydrogen-bond acceptors (Lipinski definition) is 3. The normalized spacial score (nSPS) is 11.4. The fourth-order valence-corrected chi connectivity index (χ4v) is 1.93. The molecule has 7 heteroatoms. The van der Waals surface area contributed by atoms with Gasteiger partial charge in [0.15, 0.2) is 5.96 Å². The fraction of sp³-hybridized carbons (Fsp3) is 0.357. The average Bonchev–Trinajstić information content (AvgIpc) is 3.01. The van der Waals surface area contributed by atoms with E-state index in [0.717, 1.165) is 37.6 Å². The highest BCUT2D eigenvalue weighted by Gasteiger charge is 1.99. The van der Waals surface area contributed by atoms with Crippen molar-refractivity contribution in [3.05, 3.63) is 47.5 Å². The minimum absolute atomic E-state index is 0.516. The van der Waals surface area contributed by atoms with Crippen molar-refractivity contribution in [2.75, 3.05) is 20.1 Å². The van der Waals surface area contributed by atoms with Crippen molar-refractivity contribution in [2.24, 2.45) is 4.99 Å². The molecule has 0 aromatic carbocycles. The maximum absolute atomic E-state index is 5.76. The Hall–Kier alpha value is -2.08.